The Bertz CT molecular complexity index is 500. The Morgan fingerprint density at radius 1 is 1.06 bits per heavy atom. The van der Waals surface area contributed by atoms with Crippen LogP contribution in [0.5, 0.6) is 0 Å². The average molecular weight is 218 g/mol. The van der Waals surface area contributed by atoms with Crippen molar-refractivity contribution in [2.45, 2.75) is 12.8 Å². The van der Waals surface area contributed by atoms with Crippen molar-refractivity contribution in [3.63, 3.8) is 0 Å². The first-order valence-electron chi connectivity index (χ1n) is 4.89. The molecule has 4 nitrogen and oxygen atoms in total. The molecule has 0 saturated heterocycles. The highest BCUT2D eigenvalue weighted by Crippen LogP contribution is 2.30. The fraction of sp³-hybridized carbons (Fsp3) is 0.167. The Morgan fingerprint density at radius 3 is 2.12 bits per heavy atom. The molecule has 1 aliphatic rings. The summed E-state index contributed by atoms with van der Waals surface area (Å²) in [6.07, 6.45) is 3.94. The maximum atomic E-state index is 10.9. The van der Waals surface area contributed by atoms with Gasteiger partial charge in [0, 0.05) is 0 Å². The van der Waals surface area contributed by atoms with Gasteiger partial charge in [0.05, 0.1) is 11.1 Å². The zero-order chi connectivity index (χ0) is 11.7. The second kappa shape index (κ2) is 3.81. The van der Waals surface area contributed by atoms with Crippen LogP contribution in [0.1, 0.15) is 39.1 Å². The molecule has 1 aliphatic carbocycles. The van der Waals surface area contributed by atoms with Crippen LogP contribution in [0.4, 0.5) is 0 Å². The van der Waals surface area contributed by atoms with Crippen molar-refractivity contribution >= 4 is 17.5 Å². The van der Waals surface area contributed by atoms with E-state index in [0.29, 0.717) is 0 Å². The molecule has 2 N–H and O–H groups in total. The van der Waals surface area contributed by atoms with Crippen molar-refractivity contribution < 1.29 is 19.8 Å². The molecule has 0 amide bonds. The maximum absolute atomic E-state index is 10.9. The Hall–Kier alpha value is -2.10. The lowest BCUT2D eigenvalue weighted by atomic mass is 9.90. The van der Waals surface area contributed by atoms with Crippen LogP contribution >= 0.6 is 0 Å². The fourth-order valence-corrected chi connectivity index (χ4v) is 1.66. The molecule has 0 aromatic heterocycles. The predicted molar refractivity (Wildman–Crippen MR) is 57.6 cm³/mol. The van der Waals surface area contributed by atoms with Crippen LogP contribution in [0, 0.1) is 0 Å². The highest BCUT2D eigenvalue weighted by atomic mass is 16.4. The van der Waals surface area contributed by atoms with E-state index >= 15 is 0 Å². The lowest BCUT2D eigenvalue weighted by Gasteiger charge is -2.15. The smallest absolute Gasteiger partial charge is 0.336 e. The molecule has 0 heterocycles. The van der Waals surface area contributed by atoms with Crippen molar-refractivity contribution in [2.75, 3.05) is 0 Å². The summed E-state index contributed by atoms with van der Waals surface area (Å²) >= 11 is 0. The number of aromatic carboxylic acids is 2. The molecule has 1 aromatic carbocycles. The molecule has 2 rings (SSSR count). The van der Waals surface area contributed by atoms with Gasteiger partial charge in [-0.15, -0.1) is 0 Å². The molecule has 0 atom stereocenters. The topological polar surface area (TPSA) is 74.6 Å². The number of hydrogen-bond donors (Lipinski definition) is 2. The summed E-state index contributed by atoms with van der Waals surface area (Å²) in [7, 11) is 0. The summed E-state index contributed by atoms with van der Waals surface area (Å²) in [5.41, 5.74) is 1.56. The van der Waals surface area contributed by atoms with Crippen LogP contribution in [0.2, 0.25) is 0 Å². The second-order valence-electron chi connectivity index (χ2n) is 3.64. The molecular weight excluding hydrogens is 208 g/mol. The fourth-order valence-electron chi connectivity index (χ4n) is 1.66. The van der Waals surface area contributed by atoms with E-state index in [2.05, 4.69) is 0 Å². The van der Waals surface area contributed by atoms with Gasteiger partial charge in [-0.05, 0) is 36.1 Å². The third-order valence-corrected chi connectivity index (χ3v) is 2.66. The van der Waals surface area contributed by atoms with Gasteiger partial charge in [-0.25, -0.2) is 9.59 Å². The molecule has 0 radical (unpaired) electrons. The first kappa shape index (κ1) is 10.4. The van der Waals surface area contributed by atoms with Crippen molar-refractivity contribution in [2.24, 2.45) is 0 Å². The Kier molecular flexibility index (Phi) is 2.48. The van der Waals surface area contributed by atoms with Gasteiger partial charge in [0.2, 0.25) is 0 Å². The summed E-state index contributed by atoms with van der Waals surface area (Å²) in [6, 6.07) is 4.43. The summed E-state index contributed by atoms with van der Waals surface area (Å²) in [4.78, 5) is 21.7. The molecule has 0 spiro atoms. The van der Waals surface area contributed by atoms with E-state index in [1.807, 2.05) is 6.08 Å². The van der Waals surface area contributed by atoms with Crippen molar-refractivity contribution in [3.05, 3.63) is 41.0 Å². The summed E-state index contributed by atoms with van der Waals surface area (Å²) in [6.45, 7) is 0. The van der Waals surface area contributed by atoms with Crippen LogP contribution in [0.3, 0.4) is 0 Å². The standard InChI is InChI=1S/C12H10O4/c13-11(14)9-5-4-8(7-2-1-3-7)6-10(9)12(15)16/h2,4-6H,1,3H2,(H,13,14)(H,15,16). The number of allylic oxidation sites excluding steroid dienone is 2. The molecule has 4 heteroatoms. The van der Waals surface area contributed by atoms with E-state index in [1.165, 1.54) is 12.1 Å². The van der Waals surface area contributed by atoms with E-state index < -0.39 is 11.9 Å². The van der Waals surface area contributed by atoms with Gasteiger partial charge in [-0.2, -0.15) is 0 Å². The number of carbonyl (C=O) groups is 2. The van der Waals surface area contributed by atoms with Gasteiger partial charge in [0.15, 0.2) is 0 Å². The Balaban J connectivity index is 2.51. The summed E-state index contributed by atoms with van der Waals surface area (Å²) in [5, 5.41) is 17.8. The van der Waals surface area contributed by atoms with Gasteiger partial charge in [-0.1, -0.05) is 12.1 Å². The van der Waals surface area contributed by atoms with Crippen LogP contribution in [-0.4, -0.2) is 22.2 Å². The predicted octanol–water partition coefficient (Wildman–Crippen LogP) is 2.26. The van der Waals surface area contributed by atoms with Crippen LogP contribution in [0.25, 0.3) is 5.57 Å². The Morgan fingerprint density at radius 2 is 1.69 bits per heavy atom. The maximum Gasteiger partial charge on any atom is 0.336 e. The van der Waals surface area contributed by atoms with E-state index in [-0.39, 0.29) is 11.1 Å². The van der Waals surface area contributed by atoms with E-state index in [9.17, 15) is 9.59 Å². The number of hydrogen-bond acceptors (Lipinski definition) is 2. The van der Waals surface area contributed by atoms with E-state index in [1.54, 1.807) is 6.07 Å². The zero-order valence-electron chi connectivity index (χ0n) is 8.43. The minimum atomic E-state index is -1.22. The molecule has 0 saturated carbocycles. The van der Waals surface area contributed by atoms with Crippen molar-refractivity contribution in [1.82, 2.24) is 0 Å². The Labute approximate surface area is 91.8 Å². The molecular formula is C12H10O4. The molecule has 0 fully saturated rings. The molecule has 82 valence electrons. The highest BCUT2D eigenvalue weighted by Gasteiger charge is 2.18. The number of carboxylic acids is 2. The molecule has 0 bridgehead atoms. The third kappa shape index (κ3) is 1.69. The van der Waals surface area contributed by atoms with Gasteiger partial charge >= 0.3 is 11.9 Å². The van der Waals surface area contributed by atoms with Crippen LogP contribution in [0.15, 0.2) is 24.3 Å². The zero-order valence-corrected chi connectivity index (χ0v) is 8.43. The summed E-state index contributed by atoms with van der Waals surface area (Å²) in [5.74, 6) is -2.43. The van der Waals surface area contributed by atoms with Crippen molar-refractivity contribution in [3.8, 4) is 0 Å². The third-order valence-electron chi connectivity index (χ3n) is 2.66. The number of rotatable bonds is 3. The molecule has 0 aliphatic heterocycles. The first-order chi connectivity index (χ1) is 7.59. The molecule has 0 unspecified atom stereocenters. The lowest BCUT2D eigenvalue weighted by Crippen LogP contribution is -2.09. The van der Waals surface area contributed by atoms with Crippen LogP contribution < -0.4 is 0 Å². The summed E-state index contributed by atoms with van der Waals surface area (Å²) < 4.78 is 0. The van der Waals surface area contributed by atoms with Crippen molar-refractivity contribution in [1.29, 1.82) is 0 Å². The minimum Gasteiger partial charge on any atom is -0.478 e. The van der Waals surface area contributed by atoms with Gasteiger partial charge in [-0.3, -0.25) is 0 Å². The lowest BCUT2D eigenvalue weighted by molar-refractivity contribution is 0.0651. The number of benzene rings is 1. The van der Waals surface area contributed by atoms with Gasteiger partial charge in [0.1, 0.15) is 0 Å². The SMILES string of the molecule is O=C(O)c1ccc(C2=CCC2)cc1C(=O)O. The quantitative estimate of drug-likeness (QED) is 0.815. The molecule has 1 aromatic rings. The first-order valence-corrected chi connectivity index (χ1v) is 4.89. The van der Waals surface area contributed by atoms with E-state index in [0.717, 1.165) is 24.0 Å². The van der Waals surface area contributed by atoms with Gasteiger partial charge < -0.3 is 10.2 Å². The second-order valence-corrected chi connectivity index (χ2v) is 3.64. The number of carboxylic acid groups (broad SMARTS) is 2. The monoisotopic (exact) mass is 218 g/mol. The van der Waals surface area contributed by atoms with Gasteiger partial charge in [0.25, 0.3) is 0 Å². The highest BCUT2D eigenvalue weighted by molar-refractivity contribution is 6.02. The molecule has 16 heavy (non-hydrogen) atoms. The average Bonchev–Trinajstić information content (AvgIpc) is 2.14. The normalized spacial score (nSPS) is 13.9. The van der Waals surface area contributed by atoms with E-state index in [4.69, 9.17) is 10.2 Å². The largest absolute Gasteiger partial charge is 0.478 e. The van der Waals surface area contributed by atoms with Crippen LogP contribution in [-0.2, 0) is 0 Å². The minimum absolute atomic E-state index is 0.155.